The van der Waals surface area contributed by atoms with Crippen LogP contribution in [0.3, 0.4) is 0 Å². The average molecular weight is 345 g/mol. The van der Waals surface area contributed by atoms with Crippen LogP contribution in [0.1, 0.15) is 90.4 Å². The molecule has 0 heterocycles. The molecular weight excluding hydrogens is 308 g/mol. The van der Waals surface area contributed by atoms with Crippen molar-refractivity contribution >= 4 is 10.1 Å². The fraction of sp³-hybridized carbons (Fsp3) is 0.789. The number of rotatable bonds is 16. The highest BCUT2D eigenvalue weighted by atomic mass is 32.2. The first-order valence-corrected chi connectivity index (χ1v) is 10.9. The van der Waals surface area contributed by atoms with Gasteiger partial charge in [-0.1, -0.05) is 102 Å². The van der Waals surface area contributed by atoms with Crippen molar-refractivity contribution in [3.8, 4) is 0 Å². The summed E-state index contributed by atoms with van der Waals surface area (Å²) in [5.74, 6) is -0.310. The minimum Gasteiger partial charge on any atom is -0.285 e. The molecule has 0 rings (SSSR count). The van der Waals surface area contributed by atoms with Crippen molar-refractivity contribution in [1.29, 1.82) is 0 Å². The van der Waals surface area contributed by atoms with Gasteiger partial charge in [-0.3, -0.25) is 4.55 Å². The highest BCUT2D eigenvalue weighted by Crippen LogP contribution is 2.12. The first kappa shape index (κ1) is 22.4. The molecule has 1 N–H and O–H groups in total. The Morgan fingerprint density at radius 3 is 1.61 bits per heavy atom. The van der Waals surface area contributed by atoms with Crippen molar-refractivity contribution in [3.63, 3.8) is 0 Å². The molecule has 0 aliphatic carbocycles. The van der Waals surface area contributed by atoms with E-state index < -0.39 is 10.1 Å². The van der Waals surface area contributed by atoms with Gasteiger partial charge in [0.05, 0.1) is 5.75 Å². The van der Waals surface area contributed by atoms with Crippen LogP contribution >= 0.6 is 0 Å². The van der Waals surface area contributed by atoms with E-state index >= 15 is 0 Å². The largest absolute Gasteiger partial charge is 0.285 e. The highest BCUT2D eigenvalue weighted by Gasteiger charge is 1.97. The fourth-order valence-corrected chi connectivity index (χ4v) is 2.89. The maximum Gasteiger partial charge on any atom is 0.268 e. The molecule has 0 aromatic heterocycles. The number of unbranched alkanes of at least 4 members (excludes halogenated alkanes) is 12. The molecule has 4 heteroatoms. The van der Waals surface area contributed by atoms with Crippen LogP contribution in [0.4, 0.5) is 0 Å². The lowest BCUT2D eigenvalue weighted by Crippen LogP contribution is -1.99. The van der Waals surface area contributed by atoms with Gasteiger partial charge in [0.2, 0.25) is 0 Å². The summed E-state index contributed by atoms with van der Waals surface area (Å²) < 4.78 is 29.5. The predicted octanol–water partition coefficient (Wildman–Crippen LogP) is 6.08. The molecule has 0 unspecified atom stereocenters. The molecule has 0 radical (unpaired) electrons. The van der Waals surface area contributed by atoms with Crippen LogP contribution in [0, 0.1) is 0 Å². The minimum absolute atomic E-state index is 0.310. The summed E-state index contributed by atoms with van der Waals surface area (Å²) in [4.78, 5) is 0. The molecule has 0 aromatic carbocycles. The van der Waals surface area contributed by atoms with Crippen LogP contribution in [0.25, 0.3) is 0 Å². The first-order chi connectivity index (χ1) is 11.1. The quantitative estimate of drug-likeness (QED) is 0.210. The summed E-state index contributed by atoms with van der Waals surface area (Å²) in [6.07, 6.45) is 24.3. The zero-order valence-corrected chi connectivity index (χ0v) is 15.7. The van der Waals surface area contributed by atoms with E-state index in [1.807, 2.05) is 6.08 Å². The van der Waals surface area contributed by atoms with Crippen LogP contribution in [0.15, 0.2) is 24.3 Å². The molecule has 0 bridgehead atoms. The molecule has 23 heavy (non-hydrogen) atoms. The van der Waals surface area contributed by atoms with Gasteiger partial charge < -0.3 is 0 Å². The lowest BCUT2D eigenvalue weighted by atomic mass is 10.0. The Balaban J connectivity index is 3.21. The Morgan fingerprint density at radius 1 is 0.696 bits per heavy atom. The van der Waals surface area contributed by atoms with Crippen LogP contribution in [-0.4, -0.2) is 18.7 Å². The van der Waals surface area contributed by atoms with Gasteiger partial charge in [0.15, 0.2) is 0 Å². The van der Waals surface area contributed by atoms with Gasteiger partial charge in [-0.25, -0.2) is 0 Å². The molecule has 0 aliphatic heterocycles. The molecule has 0 fully saturated rings. The van der Waals surface area contributed by atoms with Gasteiger partial charge in [0.1, 0.15) is 0 Å². The van der Waals surface area contributed by atoms with Crippen molar-refractivity contribution in [1.82, 2.24) is 0 Å². The van der Waals surface area contributed by atoms with E-state index in [4.69, 9.17) is 4.55 Å². The summed E-state index contributed by atoms with van der Waals surface area (Å²) in [5.41, 5.74) is 0. The molecule has 0 aliphatic rings. The monoisotopic (exact) mass is 344 g/mol. The molecular formula is C19H36O3S. The lowest BCUT2D eigenvalue weighted by Gasteiger charge is -2.02. The topological polar surface area (TPSA) is 54.4 Å². The van der Waals surface area contributed by atoms with Crippen LogP contribution in [0.2, 0.25) is 0 Å². The second-order valence-electron chi connectivity index (χ2n) is 6.28. The number of allylic oxidation sites excluding steroid dienone is 3. The van der Waals surface area contributed by atoms with E-state index in [0.29, 0.717) is 0 Å². The van der Waals surface area contributed by atoms with Gasteiger partial charge in [-0.15, -0.1) is 0 Å². The summed E-state index contributed by atoms with van der Waals surface area (Å²) in [5, 5.41) is 0. The molecule has 0 saturated carbocycles. The van der Waals surface area contributed by atoms with Gasteiger partial charge in [-0.2, -0.15) is 8.42 Å². The molecule has 0 amide bonds. The van der Waals surface area contributed by atoms with Crippen molar-refractivity contribution < 1.29 is 13.0 Å². The maximum atomic E-state index is 10.5. The third-order valence-electron chi connectivity index (χ3n) is 3.91. The third-order valence-corrected chi connectivity index (χ3v) is 4.53. The Hall–Kier alpha value is -0.610. The molecule has 3 nitrogen and oxygen atoms in total. The van der Waals surface area contributed by atoms with Crippen molar-refractivity contribution in [2.45, 2.75) is 90.4 Å². The standard InChI is InChI=1S/C19H36O3S/c1-2-3-4-5-6-7-8-9-10-11-12-13-14-15-16-17-18-19-23(20,21)22/h15-18H,2-14,19H2,1H3,(H,20,21,22)/b16-15+,18-17+. The van der Waals surface area contributed by atoms with Gasteiger partial charge >= 0.3 is 0 Å². The number of hydrogen-bond acceptors (Lipinski definition) is 2. The zero-order valence-electron chi connectivity index (χ0n) is 14.9. The third kappa shape index (κ3) is 21.4. The maximum absolute atomic E-state index is 10.5. The lowest BCUT2D eigenvalue weighted by molar-refractivity contribution is 0.487. The second-order valence-corrected chi connectivity index (χ2v) is 7.78. The van der Waals surface area contributed by atoms with E-state index in [1.165, 1.54) is 83.1 Å². The molecule has 136 valence electrons. The molecule has 0 aromatic rings. The van der Waals surface area contributed by atoms with Crippen molar-refractivity contribution in [2.75, 3.05) is 5.75 Å². The van der Waals surface area contributed by atoms with E-state index in [0.717, 1.165) is 6.42 Å². The first-order valence-electron chi connectivity index (χ1n) is 9.33. The second kappa shape index (κ2) is 16.3. The van der Waals surface area contributed by atoms with E-state index in [1.54, 1.807) is 6.08 Å². The normalized spacial score (nSPS) is 12.6. The van der Waals surface area contributed by atoms with Gasteiger partial charge in [-0.05, 0) is 12.8 Å². The zero-order chi connectivity index (χ0) is 17.2. The molecule has 0 spiro atoms. The fourth-order valence-electron chi connectivity index (χ4n) is 2.53. The highest BCUT2D eigenvalue weighted by molar-refractivity contribution is 7.85. The van der Waals surface area contributed by atoms with E-state index in [2.05, 4.69) is 13.0 Å². The van der Waals surface area contributed by atoms with E-state index in [9.17, 15) is 8.42 Å². The molecule has 0 atom stereocenters. The SMILES string of the molecule is CCCCCCCCCCCCCC/C=C/C=C/CS(=O)(=O)O. The minimum atomic E-state index is -3.87. The van der Waals surface area contributed by atoms with Gasteiger partial charge in [0, 0.05) is 0 Å². The molecule has 0 saturated heterocycles. The van der Waals surface area contributed by atoms with E-state index in [-0.39, 0.29) is 5.75 Å². The Morgan fingerprint density at radius 2 is 1.13 bits per heavy atom. The van der Waals surface area contributed by atoms with Crippen LogP contribution < -0.4 is 0 Å². The summed E-state index contributed by atoms with van der Waals surface area (Å²) in [6.45, 7) is 2.26. The summed E-state index contributed by atoms with van der Waals surface area (Å²) in [6, 6.07) is 0. The summed E-state index contributed by atoms with van der Waals surface area (Å²) in [7, 11) is -3.87. The smallest absolute Gasteiger partial charge is 0.268 e. The summed E-state index contributed by atoms with van der Waals surface area (Å²) >= 11 is 0. The Kier molecular flexibility index (Phi) is 15.8. The van der Waals surface area contributed by atoms with Crippen LogP contribution in [0.5, 0.6) is 0 Å². The Labute approximate surface area is 144 Å². The van der Waals surface area contributed by atoms with Crippen molar-refractivity contribution in [2.24, 2.45) is 0 Å². The Bertz CT molecular complexity index is 397. The average Bonchev–Trinajstić information content (AvgIpc) is 2.49. The van der Waals surface area contributed by atoms with Gasteiger partial charge in [0.25, 0.3) is 10.1 Å². The predicted molar refractivity (Wildman–Crippen MR) is 100 cm³/mol. The van der Waals surface area contributed by atoms with Crippen molar-refractivity contribution in [3.05, 3.63) is 24.3 Å². The number of hydrogen-bond donors (Lipinski definition) is 1. The van der Waals surface area contributed by atoms with Crippen LogP contribution in [-0.2, 0) is 10.1 Å².